The fourth-order valence-corrected chi connectivity index (χ4v) is 5.29. The lowest BCUT2D eigenvalue weighted by molar-refractivity contribution is -0.140. The van der Waals surface area contributed by atoms with Gasteiger partial charge in [-0.2, -0.15) is 0 Å². The Hall–Kier alpha value is -1.66. The van der Waals surface area contributed by atoms with Crippen molar-refractivity contribution < 1.29 is 14.7 Å². The zero-order chi connectivity index (χ0) is 20.6. The Morgan fingerprint density at radius 2 is 1.59 bits per heavy atom. The molecule has 2 heterocycles. The summed E-state index contributed by atoms with van der Waals surface area (Å²) in [7, 11) is 1.79. The van der Waals surface area contributed by atoms with Gasteiger partial charge in [-0.1, -0.05) is 63.9 Å². The molecule has 6 heteroatoms. The van der Waals surface area contributed by atoms with E-state index in [1.54, 1.807) is 16.8 Å². The number of carbonyl (C=O) groups is 2. The number of imide groups is 1. The zero-order valence-corrected chi connectivity index (χ0v) is 18.4. The summed E-state index contributed by atoms with van der Waals surface area (Å²) in [6.45, 7) is 0.282. The normalized spacial score (nSPS) is 20.7. The topological polar surface area (TPSA) is 60.9 Å². The minimum Gasteiger partial charge on any atom is -0.395 e. The largest absolute Gasteiger partial charge is 0.395 e. The van der Waals surface area contributed by atoms with E-state index in [4.69, 9.17) is 0 Å². The second-order valence-corrected chi connectivity index (χ2v) is 9.19. The van der Waals surface area contributed by atoms with E-state index in [0.29, 0.717) is 17.8 Å². The number of hydrogen-bond acceptors (Lipinski definition) is 5. The van der Waals surface area contributed by atoms with Gasteiger partial charge in [0.05, 0.1) is 12.2 Å². The van der Waals surface area contributed by atoms with Crippen molar-refractivity contribution in [3.63, 3.8) is 0 Å². The van der Waals surface area contributed by atoms with Gasteiger partial charge < -0.3 is 10.0 Å². The van der Waals surface area contributed by atoms with Crippen molar-refractivity contribution in [1.29, 1.82) is 0 Å². The average molecular weight is 419 g/mol. The Morgan fingerprint density at radius 3 is 2.10 bits per heavy atom. The molecule has 2 amide bonds. The van der Waals surface area contributed by atoms with Crippen molar-refractivity contribution in [1.82, 2.24) is 9.80 Å². The minimum absolute atomic E-state index is 0.0237. The summed E-state index contributed by atoms with van der Waals surface area (Å²) < 4.78 is 0. The number of amides is 2. The molecule has 0 atom stereocenters. The third-order valence-corrected chi connectivity index (χ3v) is 7.00. The first kappa shape index (κ1) is 22.0. The molecule has 0 aromatic carbocycles. The van der Waals surface area contributed by atoms with Crippen LogP contribution in [0, 0.1) is 0 Å². The van der Waals surface area contributed by atoms with Crippen molar-refractivity contribution in [2.24, 2.45) is 0 Å². The lowest BCUT2D eigenvalue weighted by atomic mass is 9.97. The summed E-state index contributed by atoms with van der Waals surface area (Å²) in [5.41, 5.74) is 0.949. The Kier molecular flexibility index (Phi) is 8.30. The van der Waals surface area contributed by atoms with Gasteiger partial charge in [-0.05, 0) is 24.3 Å². The summed E-state index contributed by atoms with van der Waals surface area (Å²) in [6, 6.07) is 3.79. The van der Waals surface area contributed by atoms with Gasteiger partial charge >= 0.3 is 0 Å². The van der Waals surface area contributed by atoms with Crippen LogP contribution in [0.5, 0.6) is 0 Å². The molecule has 0 radical (unpaired) electrons. The maximum absolute atomic E-state index is 13.5. The molecule has 0 bridgehead atoms. The molecule has 2 aliphatic rings. The van der Waals surface area contributed by atoms with Gasteiger partial charge in [0.1, 0.15) is 5.70 Å². The van der Waals surface area contributed by atoms with Gasteiger partial charge in [-0.25, -0.2) is 0 Å². The van der Waals surface area contributed by atoms with E-state index < -0.39 is 0 Å². The van der Waals surface area contributed by atoms with Crippen molar-refractivity contribution >= 4 is 28.7 Å². The smallest absolute Gasteiger partial charge is 0.278 e. The van der Waals surface area contributed by atoms with E-state index in [1.165, 1.54) is 56.3 Å². The van der Waals surface area contributed by atoms with Crippen LogP contribution < -0.4 is 0 Å². The Labute approximate surface area is 178 Å². The first-order valence-electron chi connectivity index (χ1n) is 11.1. The first-order chi connectivity index (χ1) is 14.1. The van der Waals surface area contributed by atoms with Crippen molar-refractivity contribution in [2.45, 2.75) is 76.7 Å². The second kappa shape index (κ2) is 10.9. The molecule has 1 aliphatic heterocycles. The number of carbonyl (C=O) groups excluding carboxylic acids is 2. The summed E-state index contributed by atoms with van der Waals surface area (Å²) >= 11 is 1.49. The molecular formula is C23H34N2O3S. The molecular weight excluding hydrogens is 384 g/mol. The SMILES string of the molecule is CN(CCO)C1=C(c2cccs2)C(=O)N(C2CCCCCCCCCCC2)C1=O. The lowest BCUT2D eigenvalue weighted by Gasteiger charge is -2.28. The summed E-state index contributed by atoms with van der Waals surface area (Å²) in [5.74, 6) is -0.347. The van der Waals surface area contributed by atoms with Gasteiger partial charge in [0.2, 0.25) is 0 Å². The van der Waals surface area contributed by atoms with Crippen LogP contribution in [0.3, 0.4) is 0 Å². The number of thiophene rings is 1. The quantitative estimate of drug-likeness (QED) is 0.719. The molecule has 1 saturated carbocycles. The maximum atomic E-state index is 13.5. The highest BCUT2D eigenvalue weighted by Gasteiger charge is 2.44. The van der Waals surface area contributed by atoms with Crippen LogP contribution in [0.2, 0.25) is 0 Å². The van der Waals surface area contributed by atoms with E-state index in [9.17, 15) is 14.7 Å². The molecule has 5 nitrogen and oxygen atoms in total. The molecule has 1 aromatic rings. The number of hydrogen-bond donors (Lipinski definition) is 1. The molecule has 0 spiro atoms. The highest BCUT2D eigenvalue weighted by Crippen LogP contribution is 2.36. The van der Waals surface area contributed by atoms with E-state index in [-0.39, 0.29) is 24.5 Å². The van der Waals surface area contributed by atoms with Crippen molar-refractivity contribution in [2.75, 3.05) is 20.2 Å². The highest BCUT2D eigenvalue weighted by molar-refractivity contribution is 7.11. The second-order valence-electron chi connectivity index (χ2n) is 8.24. The summed E-state index contributed by atoms with van der Waals surface area (Å²) in [6.07, 6.45) is 12.7. The number of aliphatic hydroxyl groups is 1. The van der Waals surface area contributed by atoms with Gasteiger partial charge in [-0.15, -0.1) is 11.3 Å². The number of rotatable bonds is 5. The molecule has 29 heavy (non-hydrogen) atoms. The fourth-order valence-electron chi connectivity index (χ4n) is 4.53. The van der Waals surface area contributed by atoms with E-state index >= 15 is 0 Å². The fraction of sp³-hybridized carbons (Fsp3) is 0.652. The van der Waals surface area contributed by atoms with Crippen molar-refractivity contribution in [3.05, 3.63) is 28.1 Å². The molecule has 1 N–H and O–H groups in total. The van der Waals surface area contributed by atoms with Gasteiger partial charge in [0.15, 0.2) is 0 Å². The van der Waals surface area contributed by atoms with Crippen LogP contribution in [0.4, 0.5) is 0 Å². The van der Waals surface area contributed by atoms with Gasteiger partial charge in [0.25, 0.3) is 11.8 Å². The van der Waals surface area contributed by atoms with Crippen LogP contribution in [-0.4, -0.2) is 53.0 Å². The molecule has 1 aromatic heterocycles. The Bertz CT molecular complexity index is 702. The first-order valence-corrected chi connectivity index (χ1v) is 12.0. The van der Waals surface area contributed by atoms with Crippen LogP contribution >= 0.6 is 11.3 Å². The third kappa shape index (κ3) is 5.28. The van der Waals surface area contributed by atoms with E-state index in [2.05, 4.69) is 0 Å². The van der Waals surface area contributed by atoms with E-state index in [1.807, 2.05) is 17.5 Å². The number of likely N-dealkylation sites (N-methyl/N-ethyl adjacent to an activating group) is 1. The zero-order valence-electron chi connectivity index (χ0n) is 17.6. The average Bonchev–Trinajstić information content (AvgIpc) is 3.29. The predicted octanol–water partition coefficient (Wildman–Crippen LogP) is 4.43. The van der Waals surface area contributed by atoms with Crippen LogP contribution in [-0.2, 0) is 9.59 Å². The standard InChI is InChI=1S/C23H34N2O3S/c1-24(15-16-26)21-20(19-14-11-17-29-19)22(27)25(23(21)28)18-12-9-7-5-3-2-4-6-8-10-13-18/h11,14,17-18,26H,2-10,12-13,15-16H2,1H3. The summed E-state index contributed by atoms with van der Waals surface area (Å²) in [4.78, 5) is 31.0. The van der Waals surface area contributed by atoms with Gasteiger partial charge in [-0.3, -0.25) is 14.5 Å². The summed E-state index contributed by atoms with van der Waals surface area (Å²) in [5, 5.41) is 11.3. The van der Waals surface area contributed by atoms with Crippen LogP contribution in [0.1, 0.15) is 75.5 Å². The van der Waals surface area contributed by atoms with Crippen molar-refractivity contribution in [3.8, 4) is 0 Å². The molecule has 0 saturated heterocycles. The Balaban J connectivity index is 1.85. The Morgan fingerprint density at radius 1 is 1.00 bits per heavy atom. The monoisotopic (exact) mass is 418 g/mol. The lowest BCUT2D eigenvalue weighted by Crippen LogP contribution is -2.42. The van der Waals surface area contributed by atoms with Crippen LogP contribution in [0.15, 0.2) is 23.2 Å². The number of aliphatic hydroxyl groups excluding tert-OH is 1. The third-order valence-electron chi connectivity index (χ3n) is 6.12. The minimum atomic E-state index is -0.188. The highest BCUT2D eigenvalue weighted by atomic mass is 32.1. The molecule has 1 fully saturated rings. The molecule has 1 aliphatic carbocycles. The molecule has 160 valence electrons. The van der Waals surface area contributed by atoms with Gasteiger partial charge in [0, 0.05) is 24.5 Å². The van der Waals surface area contributed by atoms with Crippen LogP contribution in [0.25, 0.3) is 5.57 Å². The molecule has 0 unspecified atom stereocenters. The maximum Gasteiger partial charge on any atom is 0.278 e. The number of nitrogens with zero attached hydrogens (tertiary/aromatic N) is 2. The molecule has 3 rings (SSSR count). The van der Waals surface area contributed by atoms with E-state index in [0.717, 1.165) is 30.6 Å². The predicted molar refractivity (Wildman–Crippen MR) is 117 cm³/mol.